The second-order valence-corrected chi connectivity index (χ2v) is 6.07. The Kier molecular flexibility index (Phi) is 4.55. The smallest absolute Gasteiger partial charge is 0.257 e. The van der Waals surface area contributed by atoms with Gasteiger partial charge in [0.15, 0.2) is 0 Å². The molecule has 0 unspecified atom stereocenters. The van der Waals surface area contributed by atoms with Crippen molar-refractivity contribution < 1.29 is 19.1 Å². The Labute approximate surface area is 140 Å². The van der Waals surface area contributed by atoms with Gasteiger partial charge < -0.3 is 19.7 Å². The molecule has 2 N–H and O–H groups in total. The molecule has 6 heteroatoms. The van der Waals surface area contributed by atoms with E-state index in [9.17, 15) is 14.7 Å². The zero-order chi connectivity index (χ0) is 17.1. The van der Waals surface area contributed by atoms with Gasteiger partial charge in [-0.05, 0) is 38.0 Å². The first-order valence-corrected chi connectivity index (χ1v) is 7.96. The highest BCUT2D eigenvalue weighted by atomic mass is 16.3. The van der Waals surface area contributed by atoms with Crippen LogP contribution in [-0.2, 0) is 0 Å². The maximum absolute atomic E-state index is 12.3. The topological polar surface area (TPSA) is 82.8 Å². The fourth-order valence-electron chi connectivity index (χ4n) is 2.89. The van der Waals surface area contributed by atoms with Crippen molar-refractivity contribution in [2.75, 3.05) is 13.1 Å². The minimum Gasteiger partial charge on any atom is -0.507 e. The predicted molar refractivity (Wildman–Crippen MR) is 87.9 cm³/mol. The third-order valence-electron chi connectivity index (χ3n) is 4.28. The fraction of sp³-hybridized carbons (Fsp3) is 0.333. The summed E-state index contributed by atoms with van der Waals surface area (Å²) in [7, 11) is 0. The lowest BCUT2D eigenvalue weighted by atomic mass is 10.0. The number of carbonyl (C=O) groups is 2. The van der Waals surface area contributed by atoms with Gasteiger partial charge in [-0.3, -0.25) is 9.59 Å². The normalized spacial score (nSPS) is 15.3. The molecule has 1 aliphatic heterocycles. The lowest BCUT2D eigenvalue weighted by molar-refractivity contribution is 0.0697. The Morgan fingerprint density at radius 1 is 1.25 bits per heavy atom. The molecule has 1 aromatic heterocycles. The van der Waals surface area contributed by atoms with Crippen molar-refractivity contribution >= 4 is 11.8 Å². The summed E-state index contributed by atoms with van der Waals surface area (Å²) in [4.78, 5) is 26.3. The van der Waals surface area contributed by atoms with Gasteiger partial charge in [0, 0.05) is 19.1 Å². The standard InChI is InChI=1S/C18H20N2O4/c1-12-2-3-16(21)15(10-12)17(22)19-14-4-7-20(8-5-14)18(23)13-6-9-24-11-13/h2-3,6,9-11,14,21H,4-5,7-8H2,1H3,(H,19,22). The van der Waals surface area contributed by atoms with Gasteiger partial charge in [0.2, 0.25) is 0 Å². The van der Waals surface area contributed by atoms with E-state index in [1.54, 1.807) is 23.1 Å². The highest BCUT2D eigenvalue weighted by molar-refractivity contribution is 5.97. The molecule has 0 aliphatic carbocycles. The number of benzene rings is 1. The molecule has 2 aromatic rings. The van der Waals surface area contributed by atoms with Crippen LogP contribution < -0.4 is 5.32 Å². The summed E-state index contributed by atoms with van der Waals surface area (Å²) in [6.07, 6.45) is 4.29. The Balaban J connectivity index is 1.56. The molecule has 24 heavy (non-hydrogen) atoms. The van der Waals surface area contributed by atoms with E-state index in [0.29, 0.717) is 31.5 Å². The second kappa shape index (κ2) is 6.78. The van der Waals surface area contributed by atoms with Crippen molar-refractivity contribution in [3.63, 3.8) is 0 Å². The molecule has 6 nitrogen and oxygen atoms in total. The molecule has 1 saturated heterocycles. The lowest BCUT2D eigenvalue weighted by Gasteiger charge is -2.32. The minimum absolute atomic E-state index is 0.00851. The molecule has 2 amide bonds. The number of aromatic hydroxyl groups is 1. The van der Waals surface area contributed by atoms with E-state index < -0.39 is 0 Å². The Morgan fingerprint density at radius 2 is 2.00 bits per heavy atom. The van der Waals surface area contributed by atoms with Crippen LogP contribution in [0.1, 0.15) is 39.1 Å². The van der Waals surface area contributed by atoms with Gasteiger partial charge in [-0.25, -0.2) is 0 Å². The molecule has 0 radical (unpaired) electrons. The van der Waals surface area contributed by atoms with E-state index in [1.165, 1.54) is 18.6 Å². The summed E-state index contributed by atoms with van der Waals surface area (Å²) in [5.41, 5.74) is 1.74. The van der Waals surface area contributed by atoms with Gasteiger partial charge in [-0.2, -0.15) is 0 Å². The van der Waals surface area contributed by atoms with Crippen LogP contribution in [0.2, 0.25) is 0 Å². The third-order valence-corrected chi connectivity index (χ3v) is 4.28. The number of rotatable bonds is 3. The molecule has 0 bridgehead atoms. The predicted octanol–water partition coefficient (Wildman–Crippen LogP) is 2.33. The Bertz CT molecular complexity index is 731. The molecule has 0 spiro atoms. The summed E-state index contributed by atoms with van der Waals surface area (Å²) in [6, 6.07) is 6.59. The van der Waals surface area contributed by atoms with E-state index in [2.05, 4.69) is 5.32 Å². The average Bonchev–Trinajstić information content (AvgIpc) is 3.11. The van der Waals surface area contributed by atoms with Gasteiger partial charge >= 0.3 is 0 Å². The molecular weight excluding hydrogens is 308 g/mol. The molecule has 1 aromatic carbocycles. The van der Waals surface area contributed by atoms with Crippen LogP contribution in [0, 0.1) is 6.92 Å². The van der Waals surface area contributed by atoms with Crippen LogP contribution in [0.3, 0.4) is 0 Å². The molecule has 3 rings (SSSR count). The minimum atomic E-state index is -0.282. The molecule has 1 fully saturated rings. The van der Waals surface area contributed by atoms with Crippen molar-refractivity contribution in [1.82, 2.24) is 10.2 Å². The first-order chi connectivity index (χ1) is 11.5. The average molecular weight is 328 g/mol. The molecule has 0 saturated carbocycles. The van der Waals surface area contributed by atoms with Crippen LogP contribution in [0.4, 0.5) is 0 Å². The SMILES string of the molecule is Cc1ccc(O)c(C(=O)NC2CCN(C(=O)c3ccoc3)CC2)c1. The Morgan fingerprint density at radius 3 is 2.67 bits per heavy atom. The van der Waals surface area contributed by atoms with Crippen LogP contribution in [0.25, 0.3) is 0 Å². The monoisotopic (exact) mass is 328 g/mol. The second-order valence-electron chi connectivity index (χ2n) is 6.07. The number of phenols is 1. The maximum atomic E-state index is 12.3. The summed E-state index contributed by atoms with van der Waals surface area (Å²) < 4.78 is 4.94. The van der Waals surface area contributed by atoms with Gasteiger partial charge in [0.25, 0.3) is 11.8 Å². The first kappa shape index (κ1) is 16.1. The zero-order valence-electron chi connectivity index (χ0n) is 13.5. The van der Waals surface area contributed by atoms with E-state index in [4.69, 9.17) is 4.42 Å². The van der Waals surface area contributed by atoms with Crippen LogP contribution in [0.5, 0.6) is 5.75 Å². The zero-order valence-corrected chi connectivity index (χ0v) is 13.5. The van der Waals surface area contributed by atoms with Gasteiger partial charge in [0.05, 0.1) is 17.4 Å². The number of hydrogen-bond donors (Lipinski definition) is 2. The van der Waals surface area contributed by atoms with Crippen LogP contribution >= 0.6 is 0 Å². The summed E-state index contributed by atoms with van der Waals surface area (Å²) in [5, 5.41) is 12.8. The highest BCUT2D eigenvalue weighted by Gasteiger charge is 2.25. The number of aryl methyl sites for hydroxylation is 1. The highest BCUT2D eigenvalue weighted by Crippen LogP contribution is 2.20. The van der Waals surface area contributed by atoms with Crippen molar-refractivity contribution in [3.8, 4) is 5.75 Å². The molecule has 2 heterocycles. The lowest BCUT2D eigenvalue weighted by Crippen LogP contribution is -2.46. The third kappa shape index (κ3) is 3.42. The molecule has 0 atom stereocenters. The number of nitrogens with one attached hydrogen (secondary N) is 1. The Hall–Kier alpha value is -2.76. The van der Waals surface area contributed by atoms with E-state index in [1.807, 2.05) is 6.92 Å². The number of hydrogen-bond acceptors (Lipinski definition) is 4. The number of likely N-dealkylation sites (tertiary alicyclic amines) is 1. The number of carbonyl (C=O) groups excluding carboxylic acids is 2. The largest absolute Gasteiger partial charge is 0.507 e. The molecule has 126 valence electrons. The summed E-state index contributed by atoms with van der Waals surface area (Å²) in [5.74, 6) is -0.355. The number of amides is 2. The fourth-order valence-corrected chi connectivity index (χ4v) is 2.89. The summed E-state index contributed by atoms with van der Waals surface area (Å²) in [6.45, 7) is 3.03. The van der Waals surface area contributed by atoms with Crippen LogP contribution in [0.15, 0.2) is 41.2 Å². The van der Waals surface area contributed by atoms with E-state index in [0.717, 1.165) is 5.56 Å². The van der Waals surface area contributed by atoms with E-state index in [-0.39, 0.29) is 29.2 Å². The molecular formula is C18H20N2O4. The van der Waals surface area contributed by atoms with Crippen molar-refractivity contribution in [1.29, 1.82) is 0 Å². The van der Waals surface area contributed by atoms with E-state index >= 15 is 0 Å². The van der Waals surface area contributed by atoms with Crippen molar-refractivity contribution in [2.24, 2.45) is 0 Å². The summed E-state index contributed by atoms with van der Waals surface area (Å²) >= 11 is 0. The number of furan rings is 1. The molecule has 1 aliphatic rings. The number of piperidine rings is 1. The maximum Gasteiger partial charge on any atom is 0.257 e. The van der Waals surface area contributed by atoms with Gasteiger partial charge in [0.1, 0.15) is 12.0 Å². The number of phenolic OH excluding ortho intramolecular Hbond substituents is 1. The first-order valence-electron chi connectivity index (χ1n) is 7.96. The number of nitrogens with zero attached hydrogens (tertiary/aromatic N) is 1. The van der Waals surface area contributed by atoms with Crippen LogP contribution in [-0.4, -0.2) is 41.0 Å². The van der Waals surface area contributed by atoms with Crippen molar-refractivity contribution in [2.45, 2.75) is 25.8 Å². The van der Waals surface area contributed by atoms with Gasteiger partial charge in [-0.1, -0.05) is 11.6 Å². The van der Waals surface area contributed by atoms with Crippen molar-refractivity contribution in [3.05, 3.63) is 53.5 Å². The quantitative estimate of drug-likeness (QED) is 0.906. The van der Waals surface area contributed by atoms with Gasteiger partial charge in [-0.15, -0.1) is 0 Å².